The van der Waals surface area contributed by atoms with Crippen molar-refractivity contribution < 1.29 is 33.0 Å². The van der Waals surface area contributed by atoms with Crippen LogP contribution in [-0.2, 0) is 11.8 Å². The molecule has 3 amide bonds. The van der Waals surface area contributed by atoms with E-state index in [4.69, 9.17) is 16.3 Å². The summed E-state index contributed by atoms with van der Waals surface area (Å²) in [5.74, 6) is -3.33. The van der Waals surface area contributed by atoms with Crippen LogP contribution >= 0.6 is 11.6 Å². The fraction of sp³-hybridized carbons (Fsp3) is 0.419. The van der Waals surface area contributed by atoms with Crippen LogP contribution in [0.5, 0.6) is 5.75 Å². The summed E-state index contributed by atoms with van der Waals surface area (Å²) in [6, 6.07) is 7.10. The summed E-state index contributed by atoms with van der Waals surface area (Å²) in [5, 5.41) is 15.4. The van der Waals surface area contributed by atoms with Gasteiger partial charge in [-0.25, -0.2) is 9.37 Å². The van der Waals surface area contributed by atoms with Gasteiger partial charge in [-0.15, -0.1) is 0 Å². The zero-order chi connectivity index (χ0) is 32.0. The highest BCUT2D eigenvalue weighted by Gasteiger charge is 2.56. The number of methoxy groups -OCH3 is 1. The number of nitrogens with one attached hydrogen (secondary N) is 2. The molecule has 45 heavy (non-hydrogen) atoms. The van der Waals surface area contributed by atoms with E-state index in [1.54, 1.807) is 17.0 Å². The van der Waals surface area contributed by atoms with E-state index in [1.165, 1.54) is 43.1 Å². The fourth-order valence-corrected chi connectivity index (χ4v) is 6.87. The van der Waals surface area contributed by atoms with Crippen molar-refractivity contribution >= 4 is 35.0 Å². The van der Waals surface area contributed by atoms with Crippen molar-refractivity contribution in [3.8, 4) is 17.0 Å². The molecule has 0 radical (unpaired) electrons. The van der Waals surface area contributed by atoms with E-state index in [9.17, 15) is 28.3 Å². The largest absolute Gasteiger partial charge is 0.494 e. The second kappa shape index (κ2) is 12.0. The van der Waals surface area contributed by atoms with Crippen LogP contribution < -0.4 is 15.4 Å². The highest BCUT2D eigenvalue weighted by Crippen LogP contribution is 2.53. The van der Waals surface area contributed by atoms with Crippen molar-refractivity contribution in [3.05, 3.63) is 64.6 Å². The first-order chi connectivity index (χ1) is 21.5. The molecule has 1 aromatic heterocycles. The predicted molar refractivity (Wildman–Crippen MR) is 161 cm³/mol. The fourth-order valence-electron chi connectivity index (χ4n) is 6.61. The second-order valence-electron chi connectivity index (χ2n) is 12.0. The van der Waals surface area contributed by atoms with Crippen LogP contribution in [0.2, 0.25) is 5.02 Å². The van der Waals surface area contributed by atoms with E-state index in [0.717, 1.165) is 12.8 Å². The Labute approximate surface area is 263 Å². The maximum absolute atomic E-state index is 14.6. The Morgan fingerprint density at radius 2 is 1.91 bits per heavy atom. The van der Waals surface area contributed by atoms with Crippen LogP contribution in [-0.4, -0.2) is 94.7 Å². The number of aromatic nitrogens is 2. The smallest absolute Gasteiger partial charge is 0.291 e. The normalized spacial score (nSPS) is 19.2. The number of nitrogens with zero attached hydrogens (tertiary/aromatic N) is 4. The summed E-state index contributed by atoms with van der Waals surface area (Å²) < 4.78 is 35.1. The number of carbonyl (C=O) groups is 3. The van der Waals surface area contributed by atoms with Crippen LogP contribution in [0.15, 0.2) is 36.5 Å². The molecule has 11 nitrogen and oxygen atoms in total. The van der Waals surface area contributed by atoms with Gasteiger partial charge in [-0.3, -0.25) is 14.4 Å². The molecule has 2 aromatic carbocycles. The molecule has 1 saturated carbocycles. The number of anilines is 1. The molecule has 3 N–H and O–H groups in total. The second-order valence-corrected chi connectivity index (χ2v) is 12.4. The van der Waals surface area contributed by atoms with Gasteiger partial charge in [0.15, 0.2) is 17.4 Å². The Hall–Kier alpha value is -4.07. The molecule has 3 fully saturated rings. The minimum Gasteiger partial charge on any atom is -0.494 e. The Morgan fingerprint density at radius 3 is 2.60 bits per heavy atom. The van der Waals surface area contributed by atoms with Gasteiger partial charge in [-0.1, -0.05) is 11.6 Å². The molecular formula is C31H33ClF2N6O5. The number of hydrogen-bond acceptors (Lipinski definition) is 7. The van der Waals surface area contributed by atoms with Crippen molar-refractivity contribution in [2.45, 2.75) is 18.9 Å². The Balaban J connectivity index is 1.05. The van der Waals surface area contributed by atoms with Gasteiger partial charge in [-0.2, -0.15) is 4.39 Å². The van der Waals surface area contributed by atoms with Crippen LogP contribution in [0.25, 0.3) is 11.3 Å². The molecule has 1 spiro atoms. The van der Waals surface area contributed by atoms with Gasteiger partial charge in [0.25, 0.3) is 11.8 Å². The number of imidazole rings is 1. The third kappa shape index (κ3) is 5.64. The van der Waals surface area contributed by atoms with Crippen molar-refractivity contribution in [1.29, 1.82) is 0 Å². The lowest BCUT2D eigenvalue weighted by molar-refractivity contribution is -0.152. The number of ether oxygens (including phenoxy) is 1. The van der Waals surface area contributed by atoms with E-state index < -0.39 is 17.5 Å². The number of amides is 3. The van der Waals surface area contributed by atoms with E-state index in [0.29, 0.717) is 44.0 Å². The molecular weight excluding hydrogens is 610 g/mol. The van der Waals surface area contributed by atoms with E-state index in [2.05, 4.69) is 15.6 Å². The summed E-state index contributed by atoms with van der Waals surface area (Å²) in [6.07, 6.45) is 2.74. The average Bonchev–Trinajstić information content (AvgIpc) is 3.37. The molecule has 14 heteroatoms. The Kier molecular flexibility index (Phi) is 8.27. The van der Waals surface area contributed by atoms with Crippen molar-refractivity contribution in [1.82, 2.24) is 24.7 Å². The van der Waals surface area contributed by atoms with Crippen LogP contribution in [0.4, 0.5) is 14.5 Å². The number of likely N-dealkylation sites (tertiary alicyclic amines) is 1. The molecule has 2 saturated heterocycles. The minimum atomic E-state index is -1.14. The summed E-state index contributed by atoms with van der Waals surface area (Å²) >= 11 is 6.46. The number of hydrogen-bond donors (Lipinski definition) is 3. The lowest BCUT2D eigenvalue weighted by Crippen LogP contribution is -2.66. The summed E-state index contributed by atoms with van der Waals surface area (Å²) in [7, 11) is 2.74. The molecule has 3 heterocycles. The Bertz CT molecular complexity index is 1670. The van der Waals surface area contributed by atoms with E-state index >= 15 is 0 Å². The number of benzene rings is 2. The van der Waals surface area contributed by atoms with Crippen molar-refractivity contribution in [2.75, 3.05) is 51.8 Å². The lowest BCUT2D eigenvalue weighted by Gasteiger charge is -2.59. The lowest BCUT2D eigenvalue weighted by atomic mass is 9.57. The monoisotopic (exact) mass is 642 g/mol. The zero-order valence-corrected chi connectivity index (χ0v) is 25.5. The molecule has 238 valence electrons. The average molecular weight is 643 g/mol. The zero-order valence-electron chi connectivity index (χ0n) is 24.8. The molecule has 1 aliphatic carbocycles. The van der Waals surface area contributed by atoms with Crippen LogP contribution in [0, 0.1) is 23.0 Å². The molecule has 3 aromatic rings. The van der Waals surface area contributed by atoms with Crippen molar-refractivity contribution in [3.63, 3.8) is 0 Å². The summed E-state index contributed by atoms with van der Waals surface area (Å²) in [4.78, 5) is 46.8. The number of piperazine rings is 1. The quantitative estimate of drug-likeness (QED) is 0.362. The highest BCUT2D eigenvalue weighted by molar-refractivity contribution is 6.34. The molecule has 0 unspecified atom stereocenters. The standard InChI is InChI=1S/C31H33ClF2N6O5/c1-38-23(21-5-6-24(45-2)26(34)25(21)33)12-36-27(38)28(42)37-18-3-4-20(22(32)9-18)30(44)40-15-31(16-40)10-17(11-31)29(43)39-8-7-35-19(13-39)14-41/h3-6,9,12,17,19,35,41H,7-8,10-11,13-16H2,1-2H3,(H,37,42)/t19-/m1/s1. The van der Waals surface area contributed by atoms with Crippen molar-refractivity contribution in [2.24, 2.45) is 18.4 Å². The van der Waals surface area contributed by atoms with Gasteiger partial charge in [0.1, 0.15) is 0 Å². The molecule has 6 rings (SSSR count). The maximum Gasteiger partial charge on any atom is 0.291 e. The molecule has 2 aliphatic heterocycles. The first-order valence-electron chi connectivity index (χ1n) is 14.6. The number of aliphatic hydroxyl groups is 1. The van der Waals surface area contributed by atoms with Crippen LogP contribution in [0.1, 0.15) is 33.8 Å². The molecule has 1 atom stereocenters. The Morgan fingerprint density at radius 1 is 1.16 bits per heavy atom. The van der Waals surface area contributed by atoms with Gasteiger partial charge in [0.05, 0.1) is 36.2 Å². The van der Waals surface area contributed by atoms with Gasteiger partial charge in [-0.05, 0) is 43.2 Å². The van der Waals surface area contributed by atoms with Gasteiger partial charge in [0.2, 0.25) is 11.7 Å². The number of rotatable bonds is 7. The van der Waals surface area contributed by atoms with Gasteiger partial charge in [0, 0.05) is 68.4 Å². The number of aliphatic hydroxyl groups excluding tert-OH is 1. The first kappa shape index (κ1) is 30.9. The van der Waals surface area contributed by atoms with E-state index in [-0.39, 0.29) is 63.6 Å². The molecule has 0 bridgehead atoms. The summed E-state index contributed by atoms with van der Waals surface area (Å²) in [6.45, 7) is 2.89. The van der Waals surface area contributed by atoms with Gasteiger partial charge >= 0.3 is 0 Å². The predicted octanol–water partition coefficient (Wildman–Crippen LogP) is 2.92. The minimum absolute atomic E-state index is 0.00669. The van der Waals surface area contributed by atoms with Crippen LogP contribution in [0.3, 0.4) is 0 Å². The first-order valence-corrected chi connectivity index (χ1v) is 15.0. The SMILES string of the molecule is COc1ccc(-c2cnc(C(=O)Nc3ccc(C(=O)N4CC5(CC(C(=O)N6CCN[C@@H](CO)C6)C5)C4)c(Cl)c3)n2C)c(F)c1F. The van der Waals surface area contributed by atoms with E-state index in [1.807, 2.05) is 4.90 Å². The summed E-state index contributed by atoms with van der Waals surface area (Å²) in [5.41, 5.74) is 0.670. The van der Waals surface area contributed by atoms with Gasteiger partial charge < -0.3 is 34.8 Å². The third-order valence-corrected chi connectivity index (χ3v) is 9.34. The third-order valence-electron chi connectivity index (χ3n) is 9.03. The number of halogens is 3. The maximum atomic E-state index is 14.6. The molecule has 3 aliphatic rings. The number of carbonyl (C=O) groups excluding carboxylic acids is 3. The topological polar surface area (TPSA) is 129 Å². The highest BCUT2D eigenvalue weighted by atomic mass is 35.5.